The molecule has 3 aromatic rings. The van der Waals surface area contributed by atoms with Crippen LogP contribution in [0.2, 0.25) is 0 Å². The summed E-state index contributed by atoms with van der Waals surface area (Å²) in [7, 11) is 0. The number of anilines is 1. The Balaban J connectivity index is 1.16. The third-order valence-electron chi connectivity index (χ3n) is 7.20. The number of aliphatic hydroxyl groups excluding tert-OH is 1. The van der Waals surface area contributed by atoms with Crippen LogP contribution in [0.5, 0.6) is 0 Å². The third kappa shape index (κ3) is 5.54. The van der Waals surface area contributed by atoms with E-state index in [1.54, 1.807) is 11.8 Å². The molecule has 1 aromatic heterocycles. The molecule has 184 valence electrons. The minimum atomic E-state index is -0.564. The van der Waals surface area contributed by atoms with Gasteiger partial charge in [-0.1, -0.05) is 32.0 Å². The van der Waals surface area contributed by atoms with E-state index in [0.717, 1.165) is 60.8 Å². The minimum absolute atomic E-state index is 0.0186. The number of amides is 1. The summed E-state index contributed by atoms with van der Waals surface area (Å²) < 4.78 is 0. The maximum Gasteiger partial charge on any atom is 0.234 e. The van der Waals surface area contributed by atoms with Crippen molar-refractivity contribution in [2.75, 3.05) is 50.3 Å². The molecule has 0 spiro atoms. The van der Waals surface area contributed by atoms with Crippen molar-refractivity contribution in [3.05, 3.63) is 65.4 Å². The molecule has 0 saturated carbocycles. The normalized spacial score (nSPS) is 18.8. The predicted octanol–water partition coefficient (Wildman–Crippen LogP) is 4.30. The number of carbonyl (C=O) groups excluding carboxylic acids is 1. The molecule has 1 amide bonds. The van der Waals surface area contributed by atoms with Crippen LogP contribution in [0.25, 0.3) is 10.9 Å². The van der Waals surface area contributed by atoms with Crippen LogP contribution in [0, 0.1) is 0 Å². The monoisotopic (exact) mass is 490 g/mol. The topological polar surface area (TPSA) is 68.7 Å². The van der Waals surface area contributed by atoms with E-state index < -0.39 is 6.10 Å². The first kappa shape index (κ1) is 24.3. The van der Waals surface area contributed by atoms with Crippen molar-refractivity contribution in [3.8, 4) is 0 Å². The molecule has 1 fully saturated rings. The van der Waals surface area contributed by atoms with E-state index in [1.807, 2.05) is 24.4 Å². The number of pyridine rings is 1. The van der Waals surface area contributed by atoms with E-state index in [1.165, 1.54) is 16.5 Å². The number of carbonyl (C=O) groups is 1. The Kier molecular flexibility index (Phi) is 7.39. The molecular formula is C28H34N4O2S. The number of aryl methyl sites for hydroxylation is 1. The van der Waals surface area contributed by atoms with Crippen molar-refractivity contribution in [1.82, 2.24) is 14.8 Å². The zero-order valence-corrected chi connectivity index (χ0v) is 21.4. The van der Waals surface area contributed by atoms with Crippen molar-refractivity contribution >= 4 is 34.3 Å². The van der Waals surface area contributed by atoms with Gasteiger partial charge in [-0.2, -0.15) is 0 Å². The molecule has 2 atom stereocenters. The Bertz CT molecular complexity index is 1210. The lowest BCUT2D eigenvalue weighted by molar-refractivity contribution is -0.113. The smallest absolute Gasteiger partial charge is 0.234 e. The molecule has 2 aromatic carbocycles. The number of piperazine rings is 1. The van der Waals surface area contributed by atoms with Crippen molar-refractivity contribution in [2.45, 2.75) is 37.2 Å². The molecule has 35 heavy (non-hydrogen) atoms. The number of β-amino-alcohol motifs (C(OH)–C–C–N with tert-alkyl or cyclic N) is 1. The Hall–Kier alpha value is -2.45. The predicted molar refractivity (Wildman–Crippen MR) is 143 cm³/mol. The van der Waals surface area contributed by atoms with Crippen LogP contribution in [0.15, 0.2) is 53.6 Å². The fourth-order valence-corrected chi connectivity index (χ4v) is 5.92. The number of hydrogen-bond acceptors (Lipinski definition) is 6. The maximum atomic E-state index is 11.7. The second kappa shape index (κ2) is 10.7. The Morgan fingerprint density at radius 3 is 2.63 bits per heavy atom. The van der Waals surface area contributed by atoms with Gasteiger partial charge in [0.25, 0.3) is 0 Å². The molecule has 2 unspecified atom stereocenters. The van der Waals surface area contributed by atoms with E-state index in [4.69, 9.17) is 0 Å². The summed E-state index contributed by atoms with van der Waals surface area (Å²) in [6.45, 7) is 10.0. The highest BCUT2D eigenvalue weighted by Gasteiger charge is 2.23. The number of aromatic nitrogens is 1. The van der Waals surface area contributed by atoms with Gasteiger partial charge in [0.1, 0.15) is 0 Å². The lowest BCUT2D eigenvalue weighted by atomic mass is 9.95. The Morgan fingerprint density at radius 1 is 1.09 bits per heavy atom. The average Bonchev–Trinajstić information content (AvgIpc) is 2.88. The summed E-state index contributed by atoms with van der Waals surface area (Å²) in [5, 5.41) is 15.1. The van der Waals surface area contributed by atoms with Crippen molar-refractivity contribution < 1.29 is 9.90 Å². The molecule has 0 aliphatic carbocycles. The van der Waals surface area contributed by atoms with Crippen LogP contribution >= 0.6 is 11.8 Å². The number of nitrogens with zero attached hydrogens (tertiary/aromatic N) is 3. The number of aliphatic hydroxyl groups is 1. The Morgan fingerprint density at radius 2 is 1.86 bits per heavy atom. The zero-order chi connectivity index (χ0) is 24.4. The van der Waals surface area contributed by atoms with E-state index in [2.05, 4.69) is 58.2 Å². The van der Waals surface area contributed by atoms with Gasteiger partial charge in [0, 0.05) is 55.7 Å². The van der Waals surface area contributed by atoms with Gasteiger partial charge in [-0.25, -0.2) is 0 Å². The van der Waals surface area contributed by atoms with E-state index in [-0.39, 0.29) is 5.91 Å². The van der Waals surface area contributed by atoms with Crippen LogP contribution in [0.1, 0.15) is 42.6 Å². The first-order valence-corrected chi connectivity index (χ1v) is 13.6. The summed E-state index contributed by atoms with van der Waals surface area (Å²) >= 11 is 1.55. The number of thioether (sulfide) groups is 1. The summed E-state index contributed by atoms with van der Waals surface area (Å²) in [6.07, 6.45) is 2.42. The fraction of sp³-hybridized carbons (Fsp3) is 0.429. The standard InChI is InChI=1S/C28H34N4O2S/c1-3-20-13-23-22(5-4-6-24(23)29-15-20)19(2)16-31-9-11-32(12-10-31)17-26(33)21-7-8-27-25(14-21)30-28(34)18-35-27/h4-8,13-15,19,26,33H,3,9-12,16-18H2,1-2H3,(H,30,34). The number of benzene rings is 2. The largest absolute Gasteiger partial charge is 0.387 e. The van der Waals surface area contributed by atoms with Gasteiger partial charge in [-0.05, 0) is 53.3 Å². The fourth-order valence-electron chi connectivity index (χ4n) is 5.14. The molecule has 6 nitrogen and oxygen atoms in total. The van der Waals surface area contributed by atoms with Crippen LogP contribution in [-0.2, 0) is 11.2 Å². The van der Waals surface area contributed by atoms with E-state index in [0.29, 0.717) is 18.2 Å². The molecular weight excluding hydrogens is 456 g/mol. The van der Waals surface area contributed by atoms with Crippen molar-refractivity contribution in [3.63, 3.8) is 0 Å². The van der Waals surface area contributed by atoms with Crippen molar-refractivity contribution in [1.29, 1.82) is 0 Å². The van der Waals surface area contributed by atoms with E-state index in [9.17, 15) is 9.90 Å². The lowest BCUT2D eigenvalue weighted by Gasteiger charge is -2.37. The Labute approximate surface area is 211 Å². The lowest BCUT2D eigenvalue weighted by Crippen LogP contribution is -2.48. The molecule has 2 aliphatic rings. The summed E-state index contributed by atoms with van der Waals surface area (Å²) in [5.41, 5.74) is 5.41. The van der Waals surface area contributed by atoms with E-state index >= 15 is 0 Å². The van der Waals surface area contributed by atoms with Crippen molar-refractivity contribution in [2.24, 2.45) is 0 Å². The number of fused-ring (bicyclic) bond motifs is 2. The summed E-state index contributed by atoms with van der Waals surface area (Å²) in [5.74, 6) is 0.896. The molecule has 5 rings (SSSR count). The van der Waals surface area contributed by atoms with Gasteiger partial charge < -0.3 is 15.3 Å². The van der Waals surface area contributed by atoms with Gasteiger partial charge in [0.15, 0.2) is 0 Å². The van der Waals surface area contributed by atoms with Gasteiger partial charge in [-0.15, -0.1) is 11.8 Å². The number of hydrogen-bond donors (Lipinski definition) is 2. The number of nitrogens with one attached hydrogen (secondary N) is 1. The minimum Gasteiger partial charge on any atom is -0.387 e. The van der Waals surface area contributed by atoms with Crippen LogP contribution in [0.4, 0.5) is 5.69 Å². The molecule has 2 N–H and O–H groups in total. The first-order chi connectivity index (χ1) is 17.0. The quantitative estimate of drug-likeness (QED) is 0.515. The first-order valence-electron chi connectivity index (χ1n) is 12.6. The van der Waals surface area contributed by atoms with Gasteiger partial charge in [0.2, 0.25) is 5.91 Å². The highest BCUT2D eigenvalue weighted by Crippen LogP contribution is 2.33. The highest BCUT2D eigenvalue weighted by atomic mass is 32.2. The van der Waals surface area contributed by atoms with Gasteiger partial charge in [0.05, 0.1) is 23.1 Å². The van der Waals surface area contributed by atoms with Gasteiger partial charge >= 0.3 is 0 Å². The molecule has 0 radical (unpaired) electrons. The summed E-state index contributed by atoms with van der Waals surface area (Å²) in [6, 6.07) is 14.7. The van der Waals surface area contributed by atoms with Crippen LogP contribution < -0.4 is 5.32 Å². The second-order valence-electron chi connectivity index (χ2n) is 9.72. The third-order valence-corrected chi connectivity index (χ3v) is 8.28. The molecule has 3 heterocycles. The molecule has 7 heteroatoms. The number of rotatable bonds is 7. The summed E-state index contributed by atoms with van der Waals surface area (Å²) in [4.78, 5) is 22.3. The van der Waals surface area contributed by atoms with Crippen LogP contribution in [-0.4, -0.2) is 70.8 Å². The highest BCUT2D eigenvalue weighted by molar-refractivity contribution is 8.00. The van der Waals surface area contributed by atoms with Gasteiger partial charge in [-0.3, -0.25) is 14.7 Å². The second-order valence-corrected chi connectivity index (χ2v) is 10.7. The SMILES string of the molecule is CCc1cnc2cccc(C(C)CN3CCN(CC(O)c4ccc5c(c4)NC(=O)CS5)CC3)c2c1. The zero-order valence-electron chi connectivity index (χ0n) is 20.5. The molecule has 2 aliphatic heterocycles. The average molecular weight is 491 g/mol. The molecule has 1 saturated heterocycles. The maximum absolute atomic E-state index is 11.7. The van der Waals surface area contributed by atoms with Crippen LogP contribution in [0.3, 0.4) is 0 Å². The molecule has 0 bridgehead atoms.